The summed E-state index contributed by atoms with van der Waals surface area (Å²) in [6, 6.07) is 11.5. The lowest BCUT2D eigenvalue weighted by Gasteiger charge is -2.28. The molecule has 1 aliphatic rings. The van der Waals surface area contributed by atoms with Crippen molar-refractivity contribution in [3.8, 4) is 17.2 Å². The zero-order valence-electron chi connectivity index (χ0n) is 18.9. The highest BCUT2D eigenvalue weighted by Gasteiger charge is 2.24. The van der Waals surface area contributed by atoms with Crippen molar-refractivity contribution in [1.29, 1.82) is 0 Å². The summed E-state index contributed by atoms with van der Waals surface area (Å²) in [5.74, 6) is 2.08. The van der Waals surface area contributed by atoms with Crippen LogP contribution in [0, 0.1) is 13.8 Å². The highest BCUT2D eigenvalue weighted by Crippen LogP contribution is 2.33. The second kappa shape index (κ2) is 9.61. The number of thiazole rings is 1. The van der Waals surface area contributed by atoms with Gasteiger partial charge in [-0.05, 0) is 68.7 Å². The molecule has 0 fully saturated rings. The second-order valence-corrected chi connectivity index (χ2v) is 8.97. The van der Waals surface area contributed by atoms with E-state index in [-0.39, 0.29) is 18.7 Å². The number of ether oxygens (including phenoxy) is 3. The highest BCUT2D eigenvalue weighted by atomic mass is 32.1. The number of aromatic nitrogens is 1. The molecule has 1 aliphatic heterocycles. The number of nitrogens with zero attached hydrogens (tertiary/aromatic N) is 2. The number of amides is 1. The van der Waals surface area contributed by atoms with Gasteiger partial charge in [-0.15, -0.1) is 11.3 Å². The Morgan fingerprint density at radius 3 is 2.75 bits per heavy atom. The van der Waals surface area contributed by atoms with Gasteiger partial charge < -0.3 is 19.1 Å². The van der Waals surface area contributed by atoms with Crippen LogP contribution in [0.25, 0.3) is 0 Å². The minimum atomic E-state index is -0.0430. The van der Waals surface area contributed by atoms with Gasteiger partial charge in [0.2, 0.25) is 6.79 Å². The average molecular weight is 453 g/mol. The lowest BCUT2D eigenvalue weighted by molar-refractivity contribution is 0.0668. The predicted octanol–water partition coefficient (Wildman–Crippen LogP) is 5.51. The van der Waals surface area contributed by atoms with Gasteiger partial charge in [0, 0.05) is 17.0 Å². The van der Waals surface area contributed by atoms with Crippen molar-refractivity contribution < 1.29 is 19.0 Å². The van der Waals surface area contributed by atoms with Gasteiger partial charge in [-0.1, -0.05) is 13.0 Å². The summed E-state index contributed by atoms with van der Waals surface area (Å²) in [4.78, 5) is 19.9. The summed E-state index contributed by atoms with van der Waals surface area (Å²) < 4.78 is 16.7. The minimum absolute atomic E-state index is 0.0430. The Morgan fingerprint density at radius 2 is 1.97 bits per heavy atom. The molecule has 6 nitrogen and oxygen atoms in total. The maximum absolute atomic E-state index is 13.3. The Hall–Kier alpha value is -3.06. The van der Waals surface area contributed by atoms with Gasteiger partial charge in [0.05, 0.1) is 12.2 Å². The minimum Gasteiger partial charge on any atom is -0.486 e. The van der Waals surface area contributed by atoms with Crippen LogP contribution in [-0.2, 0) is 13.2 Å². The Bertz CT molecular complexity index is 1110. The lowest BCUT2D eigenvalue weighted by atomic mass is 10.1. The molecule has 1 atom stereocenters. The van der Waals surface area contributed by atoms with Crippen LogP contribution < -0.4 is 14.2 Å². The smallest absolute Gasteiger partial charge is 0.254 e. The van der Waals surface area contributed by atoms with Gasteiger partial charge in [-0.3, -0.25) is 4.79 Å². The number of hydrogen-bond acceptors (Lipinski definition) is 6. The van der Waals surface area contributed by atoms with Gasteiger partial charge >= 0.3 is 0 Å². The SMILES string of the molecule is CCC(C)N(Cc1csc(COc2ccc(C)c(C)c2)n1)C(=O)c1ccc2c(c1)OCO2. The molecule has 32 heavy (non-hydrogen) atoms. The quantitative estimate of drug-likeness (QED) is 0.451. The maximum atomic E-state index is 13.3. The van der Waals surface area contributed by atoms with E-state index in [1.54, 1.807) is 29.5 Å². The highest BCUT2D eigenvalue weighted by molar-refractivity contribution is 7.09. The second-order valence-electron chi connectivity index (χ2n) is 8.03. The van der Waals surface area contributed by atoms with Crippen LogP contribution in [-0.4, -0.2) is 28.6 Å². The van der Waals surface area contributed by atoms with Crippen molar-refractivity contribution in [2.75, 3.05) is 6.79 Å². The lowest BCUT2D eigenvalue weighted by Crippen LogP contribution is -2.37. The number of fused-ring (bicyclic) bond motifs is 1. The van der Waals surface area contributed by atoms with Crippen molar-refractivity contribution in [3.05, 3.63) is 69.2 Å². The molecule has 0 bridgehead atoms. The van der Waals surface area contributed by atoms with Gasteiger partial charge in [0.15, 0.2) is 11.5 Å². The fraction of sp³-hybridized carbons (Fsp3) is 0.360. The molecule has 0 N–H and O–H groups in total. The van der Waals surface area contributed by atoms with Crippen LogP contribution >= 0.6 is 11.3 Å². The van der Waals surface area contributed by atoms with E-state index in [1.165, 1.54) is 11.1 Å². The van der Waals surface area contributed by atoms with E-state index in [0.29, 0.717) is 30.2 Å². The van der Waals surface area contributed by atoms with Crippen LogP contribution in [0.4, 0.5) is 0 Å². The maximum Gasteiger partial charge on any atom is 0.254 e. The van der Waals surface area contributed by atoms with E-state index in [4.69, 9.17) is 19.2 Å². The Balaban J connectivity index is 1.44. The largest absolute Gasteiger partial charge is 0.486 e. The third kappa shape index (κ3) is 4.88. The average Bonchev–Trinajstić information content (AvgIpc) is 3.46. The molecule has 1 aromatic heterocycles. The summed E-state index contributed by atoms with van der Waals surface area (Å²) in [6.45, 7) is 9.34. The van der Waals surface area contributed by atoms with E-state index in [0.717, 1.165) is 22.9 Å². The Labute approximate surface area is 192 Å². The van der Waals surface area contributed by atoms with Crippen molar-refractivity contribution in [2.24, 2.45) is 0 Å². The first-order valence-corrected chi connectivity index (χ1v) is 11.7. The van der Waals surface area contributed by atoms with E-state index < -0.39 is 0 Å². The molecule has 2 heterocycles. The van der Waals surface area contributed by atoms with E-state index >= 15 is 0 Å². The zero-order chi connectivity index (χ0) is 22.7. The molecule has 7 heteroatoms. The number of hydrogen-bond donors (Lipinski definition) is 0. The van der Waals surface area contributed by atoms with Crippen LogP contribution in [0.5, 0.6) is 17.2 Å². The summed E-state index contributed by atoms with van der Waals surface area (Å²) in [7, 11) is 0. The number of aryl methyl sites for hydroxylation is 2. The van der Waals surface area contributed by atoms with Gasteiger partial charge in [-0.25, -0.2) is 4.98 Å². The van der Waals surface area contributed by atoms with Crippen LogP contribution in [0.3, 0.4) is 0 Å². The summed E-state index contributed by atoms with van der Waals surface area (Å²) in [5, 5.41) is 2.89. The molecule has 0 spiro atoms. The van der Waals surface area contributed by atoms with Gasteiger partial charge in [0.1, 0.15) is 17.4 Å². The van der Waals surface area contributed by atoms with Crippen molar-refractivity contribution in [3.63, 3.8) is 0 Å². The normalized spacial score (nSPS) is 13.1. The molecule has 0 aliphatic carbocycles. The molecular formula is C25H28N2O4S. The third-order valence-corrected chi connectivity index (χ3v) is 6.65. The molecule has 0 saturated heterocycles. The van der Waals surface area contributed by atoms with Crippen LogP contribution in [0.2, 0.25) is 0 Å². The summed E-state index contributed by atoms with van der Waals surface area (Å²) in [6.07, 6.45) is 0.850. The monoisotopic (exact) mass is 452 g/mol. The molecule has 0 radical (unpaired) electrons. The van der Waals surface area contributed by atoms with Crippen LogP contribution in [0.1, 0.15) is 52.5 Å². The number of carbonyl (C=O) groups is 1. The van der Waals surface area contributed by atoms with Gasteiger partial charge in [-0.2, -0.15) is 0 Å². The summed E-state index contributed by atoms with van der Waals surface area (Å²) >= 11 is 1.55. The zero-order valence-corrected chi connectivity index (χ0v) is 19.7. The predicted molar refractivity (Wildman–Crippen MR) is 125 cm³/mol. The van der Waals surface area contributed by atoms with Crippen LogP contribution in [0.15, 0.2) is 41.8 Å². The van der Waals surface area contributed by atoms with Crippen molar-refractivity contribution in [2.45, 2.75) is 53.3 Å². The molecule has 4 rings (SSSR count). The Morgan fingerprint density at radius 1 is 1.16 bits per heavy atom. The molecule has 2 aromatic carbocycles. The van der Waals surface area contributed by atoms with E-state index in [2.05, 4.69) is 33.8 Å². The third-order valence-electron chi connectivity index (χ3n) is 5.78. The summed E-state index contributed by atoms with van der Waals surface area (Å²) in [5.41, 5.74) is 3.89. The molecule has 1 amide bonds. The number of benzene rings is 2. The first kappa shape index (κ1) is 22.1. The van der Waals surface area contributed by atoms with E-state index in [1.807, 2.05) is 22.4 Å². The van der Waals surface area contributed by atoms with Crippen molar-refractivity contribution >= 4 is 17.2 Å². The fourth-order valence-electron chi connectivity index (χ4n) is 3.45. The van der Waals surface area contributed by atoms with E-state index in [9.17, 15) is 4.79 Å². The molecule has 3 aromatic rings. The molecular weight excluding hydrogens is 424 g/mol. The fourth-order valence-corrected chi connectivity index (χ4v) is 4.15. The molecule has 168 valence electrons. The first-order chi connectivity index (χ1) is 15.4. The Kier molecular flexibility index (Phi) is 6.65. The van der Waals surface area contributed by atoms with Gasteiger partial charge in [0.25, 0.3) is 5.91 Å². The standard InChI is InChI=1S/C25H28N2O4S/c1-5-18(4)27(25(28)19-7-9-22-23(11-19)31-15-30-22)12-20-14-32-24(26-20)13-29-21-8-6-16(2)17(3)10-21/h6-11,14,18H,5,12-13,15H2,1-4H3. The first-order valence-electron chi connectivity index (χ1n) is 10.8. The molecule has 0 saturated carbocycles. The topological polar surface area (TPSA) is 60.9 Å². The number of rotatable bonds is 8. The van der Waals surface area contributed by atoms with Crippen molar-refractivity contribution in [1.82, 2.24) is 9.88 Å². The molecule has 1 unspecified atom stereocenters. The number of carbonyl (C=O) groups excluding carboxylic acids is 1.